The van der Waals surface area contributed by atoms with Gasteiger partial charge in [0.2, 0.25) is 0 Å². The maximum absolute atomic E-state index is 8.72. The average Bonchev–Trinajstić information content (AvgIpc) is 2.26. The zero-order valence-corrected chi connectivity index (χ0v) is 9.57. The van der Waals surface area contributed by atoms with Crippen LogP contribution in [0, 0.1) is 11.3 Å². The van der Waals surface area contributed by atoms with E-state index in [0.717, 1.165) is 17.9 Å². The number of hydrogen-bond donors (Lipinski definition) is 0. The number of pyridine rings is 1. The molecular formula is C12H17N3. The van der Waals surface area contributed by atoms with Crippen LogP contribution in [-0.4, -0.2) is 19.1 Å². The van der Waals surface area contributed by atoms with Crippen LogP contribution in [0.3, 0.4) is 0 Å². The molecule has 1 atom stereocenters. The summed E-state index contributed by atoms with van der Waals surface area (Å²) in [6.07, 6.45) is 1.50. The second kappa shape index (κ2) is 5.35. The lowest BCUT2D eigenvalue weighted by atomic mass is 9.99. The Morgan fingerprint density at radius 3 is 2.73 bits per heavy atom. The first-order chi connectivity index (χ1) is 7.19. The Balaban J connectivity index is 2.93. The van der Waals surface area contributed by atoms with Crippen LogP contribution < -0.4 is 4.90 Å². The molecule has 3 heteroatoms. The number of nitrogens with zero attached hydrogens (tertiary/aromatic N) is 3. The molecule has 0 N–H and O–H groups in total. The highest BCUT2D eigenvalue weighted by Crippen LogP contribution is 2.22. The molecule has 0 aliphatic heterocycles. The maximum atomic E-state index is 8.72. The van der Waals surface area contributed by atoms with Gasteiger partial charge in [-0.25, -0.2) is 4.98 Å². The van der Waals surface area contributed by atoms with Crippen LogP contribution in [0.4, 0.5) is 5.82 Å². The van der Waals surface area contributed by atoms with Gasteiger partial charge in [-0.1, -0.05) is 13.0 Å². The van der Waals surface area contributed by atoms with Crippen molar-refractivity contribution in [2.75, 3.05) is 19.0 Å². The molecule has 0 aliphatic carbocycles. The lowest BCUT2D eigenvalue weighted by Gasteiger charge is -2.15. The Bertz CT molecular complexity index is 352. The Kier molecular flexibility index (Phi) is 4.11. The summed E-state index contributed by atoms with van der Waals surface area (Å²) in [7, 11) is 3.94. The van der Waals surface area contributed by atoms with Crippen molar-refractivity contribution in [3.63, 3.8) is 0 Å². The molecule has 0 saturated carbocycles. The highest BCUT2D eigenvalue weighted by Gasteiger charge is 2.11. The fourth-order valence-corrected chi connectivity index (χ4v) is 1.48. The Hall–Kier alpha value is -1.56. The predicted molar refractivity (Wildman–Crippen MR) is 61.8 cm³/mol. The van der Waals surface area contributed by atoms with Gasteiger partial charge in [0.15, 0.2) is 0 Å². The van der Waals surface area contributed by atoms with E-state index in [1.165, 1.54) is 0 Å². The Morgan fingerprint density at radius 1 is 1.47 bits per heavy atom. The van der Waals surface area contributed by atoms with Gasteiger partial charge in [0.25, 0.3) is 0 Å². The van der Waals surface area contributed by atoms with Gasteiger partial charge >= 0.3 is 0 Å². The van der Waals surface area contributed by atoms with E-state index in [-0.39, 0.29) is 5.92 Å². The first-order valence-corrected chi connectivity index (χ1v) is 5.20. The quantitative estimate of drug-likeness (QED) is 0.755. The van der Waals surface area contributed by atoms with Gasteiger partial charge in [-0.15, -0.1) is 0 Å². The maximum Gasteiger partial charge on any atom is 0.128 e. The molecule has 0 radical (unpaired) electrons. The van der Waals surface area contributed by atoms with Gasteiger partial charge in [-0.3, -0.25) is 0 Å². The van der Waals surface area contributed by atoms with Crippen molar-refractivity contribution in [2.24, 2.45) is 0 Å². The summed E-state index contributed by atoms with van der Waals surface area (Å²) in [5, 5.41) is 8.72. The molecule has 3 nitrogen and oxygen atoms in total. The molecule has 80 valence electrons. The van der Waals surface area contributed by atoms with Gasteiger partial charge in [-0.2, -0.15) is 5.26 Å². The molecule has 0 aliphatic rings. The second-order valence-corrected chi connectivity index (χ2v) is 3.78. The molecule has 1 rings (SSSR count). The standard InChI is InChI=1S/C12H17N3/c1-4-10(8-9-13)11-6-5-7-12(14-11)15(2)3/h5-7,10H,4,8H2,1-3H3. The smallest absolute Gasteiger partial charge is 0.128 e. The number of hydrogen-bond acceptors (Lipinski definition) is 3. The molecule has 0 aromatic carbocycles. The minimum absolute atomic E-state index is 0.259. The SMILES string of the molecule is CCC(CC#N)c1cccc(N(C)C)n1. The van der Waals surface area contributed by atoms with Crippen molar-refractivity contribution in [3.05, 3.63) is 23.9 Å². The second-order valence-electron chi connectivity index (χ2n) is 3.78. The third-order valence-corrected chi connectivity index (χ3v) is 2.46. The van der Waals surface area contributed by atoms with Crippen LogP contribution in [0.15, 0.2) is 18.2 Å². The van der Waals surface area contributed by atoms with Crippen molar-refractivity contribution < 1.29 is 0 Å². The van der Waals surface area contributed by atoms with Crippen LogP contribution in [0.5, 0.6) is 0 Å². The third kappa shape index (κ3) is 2.95. The summed E-state index contributed by atoms with van der Waals surface area (Å²) in [6.45, 7) is 2.09. The van der Waals surface area contributed by atoms with Gasteiger partial charge in [0.1, 0.15) is 5.82 Å². The predicted octanol–water partition coefficient (Wildman–Crippen LogP) is 2.55. The average molecular weight is 203 g/mol. The van der Waals surface area contributed by atoms with Gasteiger partial charge in [0, 0.05) is 32.1 Å². The van der Waals surface area contributed by atoms with Crippen molar-refractivity contribution in [3.8, 4) is 6.07 Å². The van der Waals surface area contributed by atoms with Crippen LogP contribution in [0.2, 0.25) is 0 Å². The van der Waals surface area contributed by atoms with E-state index in [1.807, 2.05) is 37.2 Å². The van der Waals surface area contributed by atoms with Gasteiger partial charge < -0.3 is 4.90 Å². The molecule has 1 aromatic rings. The molecular weight excluding hydrogens is 186 g/mol. The van der Waals surface area contributed by atoms with E-state index >= 15 is 0 Å². The summed E-state index contributed by atoms with van der Waals surface area (Å²) in [6, 6.07) is 8.18. The summed E-state index contributed by atoms with van der Waals surface area (Å²) >= 11 is 0. The normalized spacial score (nSPS) is 11.9. The van der Waals surface area contributed by atoms with Crippen LogP contribution in [-0.2, 0) is 0 Å². The molecule has 0 spiro atoms. The van der Waals surface area contributed by atoms with E-state index in [1.54, 1.807) is 0 Å². The summed E-state index contributed by atoms with van der Waals surface area (Å²) < 4.78 is 0. The zero-order valence-electron chi connectivity index (χ0n) is 9.57. The summed E-state index contributed by atoms with van der Waals surface area (Å²) in [4.78, 5) is 6.51. The topological polar surface area (TPSA) is 39.9 Å². The molecule has 0 saturated heterocycles. The number of aromatic nitrogens is 1. The first-order valence-electron chi connectivity index (χ1n) is 5.20. The lowest BCUT2D eigenvalue weighted by Crippen LogP contribution is -2.12. The molecule has 15 heavy (non-hydrogen) atoms. The van der Waals surface area contributed by atoms with E-state index in [9.17, 15) is 0 Å². The van der Waals surface area contributed by atoms with Crippen molar-refractivity contribution in [2.45, 2.75) is 25.7 Å². The molecule has 1 unspecified atom stereocenters. The monoisotopic (exact) mass is 203 g/mol. The molecule has 1 aromatic heterocycles. The highest BCUT2D eigenvalue weighted by molar-refractivity contribution is 5.37. The molecule has 0 bridgehead atoms. The largest absolute Gasteiger partial charge is 0.363 e. The third-order valence-electron chi connectivity index (χ3n) is 2.46. The van der Waals surface area contributed by atoms with Gasteiger partial charge in [0.05, 0.1) is 6.07 Å². The molecule has 0 amide bonds. The molecule has 1 heterocycles. The highest BCUT2D eigenvalue weighted by atomic mass is 15.1. The van der Waals surface area contributed by atoms with E-state index < -0.39 is 0 Å². The summed E-state index contributed by atoms with van der Waals surface area (Å²) in [5.41, 5.74) is 1.02. The van der Waals surface area contributed by atoms with Crippen molar-refractivity contribution in [1.29, 1.82) is 5.26 Å². The van der Waals surface area contributed by atoms with E-state index in [4.69, 9.17) is 5.26 Å². The van der Waals surface area contributed by atoms with E-state index in [0.29, 0.717) is 6.42 Å². The van der Waals surface area contributed by atoms with Gasteiger partial charge in [-0.05, 0) is 18.6 Å². The fraction of sp³-hybridized carbons (Fsp3) is 0.500. The van der Waals surface area contributed by atoms with Crippen LogP contribution >= 0.6 is 0 Å². The van der Waals surface area contributed by atoms with Crippen LogP contribution in [0.25, 0.3) is 0 Å². The van der Waals surface area contributed by atoms with Crippen molar-refractivity contribution >= 4 is 5.82 Å². The number of nitriles is 1. The number of rotatable bonds is 4. The fourth-order valence-electron chi connectivity index (χ4n) is 1.48. The van der Waals surface area contributed by atoms with Crippen molar-refractivity contribution in [1.82, 2.24) is 4.98 Å². The zero-order chi connectivity index (χ0) is 11.3. The lowest BCUT2D eigenvalue weighted by molar-refractivity contribution is 0.658. The Labute approximate surface area is 91.4 Å². The Morgan fingerprint density at radius 2 is 2.20 bits per heavy atom. The minimum atomic E-state index is 0.259. The minimum Gasteiger partial charge on any atom is -0.363 e. The molecule has 0 fully saturated rings. The number of anilines is 1. The van der Waals surface area contributed by atoms with Crippen LogP contribution in [0.1, 0.15) is 31.4 Å². The van der Waals surface area contributed by atoms with E-state index in [2.05, 4.69) is 18.0 Å². The summed E-state index contributed by atoms with van der Waals surface area (Å²) in [5.74, 6) is 1.21. The first kappa shape index (κ1) is 11.5.